The van der Waals surface area contributed by atoms with Crippen LogP contribution in [-0.2, 0) is 10.8 Å². The number of fused-ring (bicyclic) bond motifs is 16. The topological polar surface area (TPSA) is 8.17 Å². The first-order chi connectivity index (χ1) is 33.4. The second-order valence-corrected chi connectivity index (χ2v) is 22.5. The fraction of sp³-hybridized carbons (Fsp3) is 0.123. The molecule has 3 heterocycles. The van der Waals surface area contributed by atoms with Crippen LogP contribution in [0.3, 0.4) is 0 Å². The maximum atomic E-state index is 4.44. The van der Waals surface area contributed by atoms with E-state index in [1.807, 2.05) is 0 Å². The third-order valence-electron chi connectivity index (χ3n) is 15.6. The van der Waals surface area contributed by atoms with Crippen molar-refractivity contribution in [3.63, 3.8) is 0 Å². The molecule has 0 unspecified atom stereocenters. The molecule has 328 valence electrons. The van der Waals surface area contributed by atoms with Gasteiger partial charge in [-0.2, -0.15) is 0 Å². The highest BCUT2D eigenvalue weighted by Gasteiger charge is 2.44. The van der Waals surface area contributed by atoms with Gasteiger partial charge >= 0.3 is 6.85 Å². The minimum Gasteiger partial charge on any atom is -0.375 e. The molecule has 69 heavy (non-hydrogen) atoms. The second-order valence-electron chi connectivity index (χ2n) is 21.7. The van der Waals surface area contributed by atoms with Crippen LogP contribution in [0.1, 0.15) is 52.7 Å². The molecule has 0 amide bonds. The molecule has 2 aliphatic heterocycles. The third kappa shape index (κ3) is 5.84. The van der Waals surface area contributed by atoms with E-state index in [0.717, 1.165) is 13.9 Å². The summed E-state index contributed by atoms with van der Waals surface area (Å²) in [5.41, 5.74) is 16.5. The maximum absolute atomic E-state index is 4.44. The summed E-state index contributed by atoms with van der Waals surface area (Å²) in [6, 6.07) is 69.9. The zero-order chi connectivity index (χ0) is 46.7. The molecule has 2 aliphatic rings. The number of nitrogens with zero attached hydrogens (tertiary/aromatic N) is 2. The first kappa shape index (κ1) is 40.6. The van der Waals surface area contributed by atoms with Crippen LogP contribution >= 0.6 is 8.20 Å². The summed E-state index contributed by atoms with van der Waals surface area (Å²) in [6.07, 6.45) is 4.44. The highest BCUT2D eigenvalue weighted by atomic mass is 31.1. The van der Waals surface area contributed by atoms with E-state index in [1.54, 1.807) is 0 Å². The van der Waals surface area contributed by atoms with E-state index >= 15 is 0 Å². The molecule has 0 spiro atoms. The first-order valence-corrected chi connectivity index (χ1v) is 25.5. The highest BCUT2D eigenvalue weighted by molar-refractivity contribution is 7.45. The van der Waals surface area contributed by atoms with Gasteiger partial charge in [0.2, 0.25) is 0 Å². The summed E-state index contributed by atoms with van der Waals surface area (Å²) in [4.78, 5) is 2.61. The predicted octanol–water partition coefficient (Wildman–Crippen LogP) is 16.2. The number of hydrogen-bond donors (Lipinski definition) is 0. The van der Waals surface area contributed by atoms with Crippen LogP contribution in [-0.4, -0.2) is 17.6 Å². The van der Waals surface area contributed by atoms with Crippen LogP contribution in [0.25, 0.3) is 97.9 Å². The minimum absolute atomic E-state index is 0.00466. The Morgan fingerprint density at radius 3 is 1.71 bits per heavy atom. The van der Waals surface area contributed by atoms with Gasteiger partial charge in [0.05, 0.1) is 0 Å². The number of aromatic nitrogens is 1. The van der Waals surface area contributed by atoms with Crippen molar-refractivity contribution in [3.8, 4) is 22.3 Å². The number of anilines is 3. The molecule has 0 fully saturated rings. The van der Waals surface area contributed by atoms with Crippen molar-refractivity contribution in [2.24, 2.45) is 0 Å². The Bertz CT molecular complexity index is 4240. The van der Waals surface area contributed by atoms with Gasteiger partial charge in [0.1, 0.15) is 0 Å². The Morgan fingerprint density at radius 1 is 0.449 bits per heavy atom. The fourth-order valence-electron chi connectivity index (χ4n) is 12.2. The van der Waals surface area contributed by atoms with Crippen LogP contribution in [0.4, 0.5) is 17.1 Å². The standard InChI is InChI=1S/C65H50BN2P/c1-64(2,3)43-25-26-58-54(34-43)55-35-44(65(4,5)6)36-56-61-47-20-12-11-19-39(47)32-60-62(61)66(68(58)63(55)56)57-31-41-29-52-50-23-15-13-21-48(50)49-22-14-16-24-51(49)53(52)30-42(41)33-59(57)67(60)45-27-40(28-46(37-45)69-7)38-17-9-8-10-18-38/h8-37H,7H2,1-6H3. The van der Waals surface area contributed by atoms with E-state index in [4.69, 9.17) is 0 Å². The van der Waals surface area contributed by atoms with Gasteiger partial charge in [-0.05, 0) is 170 Å². The molecule has 0 N–H and O–H groups in total. The van der Waals surface area contributed by atoms with Crippen molar-refractivity contribution in [2.75, 3.05) is 4.90 Å². The van der Waals surface area contributed by atoms with Gasteiger partial charge in [-0.15, -0.1) is 0 Å². The SMILES string of the molecule is C=Pc1cc(-c2ccccc2)cc(N2c3cc4cc5c6ccccc6c6ccccc6c5cc4cc3B3c4c2cc2ccccc2c4-c2cc(C(C)(C)C)cc4c5cc(C(C)(C)C)ccc5n3c24)c1. The summed E-state index contributed by atoms with van der Waals surface area (Å²) in [7, 11) is 0.977. The normalized spacial score (nSPS) is 13.5. The highest BCUT2D eigenvalue weighted by Crippen LogP contribution is 2.50. The number of hydrogen-bond acceptors (Lipinski definition) is 1. The molecule has 11 aromatic carbocycles. The summed E-state index contributed by atoms with van der Waals surface area (Å²) in [6.45, 7) is 14.0. The minimum atomic E-state index is -0.101. The van der Waals surface area contributed by atoms with Crippen LogP contribution in [0.2, 0.25) is 0 Å². The van der Waals surface area contributed by atoms with Crippen LogP contribution < -0.4 is 21.1 Å². The van der Waals surface area contributed by atoms with Gasteiger partial charge in [0.25, 0.3) is 0 Å². The van der Waals surface area contributed by atoms with Crippen molar-refractivity contribution in [1.29, 1.82) is 0 Å². The van der Waals surface area contributed by atoms with Crippen molar-refractivity contribution in [1.82, 2.24) is 4.48 Å². The van der Waals surface area contributed by atoms with Crippen molar-refractivity contribution < 1.29 is 0 Å². The largest absolute Gasteiger partial charge is 0.375 e. The lowest BCUT2D eigenvalue weighted by atomic mass is 9.44. The van der Waals surface area contributed by atoms with Gasteiger partial charge in [-0.25, -0.2) is 0 Å². The molecule has 0 atom stereocenters. The quantitative estimate of drug-likeness (QED) is 0.0742. The molecule has 4 heteroatoms. The molecule has 0 saturated heterocycles. The number of rotatable bonds is 3. The van der Waals surface area contributed by atoms with Gasteiger partial charge in [-0.3, -0.25) is 0 Å². The van der Waals surface area contributed by atoms with Gasteiger partial charge < -0.3 is 9.38 Å². The lowest BCUT2D eigenvalue weighted by Gasteiger charge is -2.41. The Labute approximate surface area is 405 Å². The van der Waals surface area contributed by atoms with Crippen molar-refractivity contribution >= 4 is 130 Å². The predicted molar refractivity (Wildman–Crippen MR) is 304 cm³/mol. The average molecular weight is 901 g/mol. The summed E-state index contributed by atoms with van der Waals surface area (Å²) in [5.74, 6) is 0. The molecular formula is C65H50BN2P. The average Bonchev–Trinajstić information content (AvgIpc) is 3.69. The molecule has 0 radical (unpaired) electrons. The van der Waals surface area contributed by atoms with Gasteiger partial charge in [0.15, 0.2) is 0 Å². The third-order valence-corrected chi connectivity index (χ3v) is 16.2. The van der Waals surface area contributed by atoms with Crippen molar-refractivity contribution in [3.05, 3.63) is 193 Å². The van der Waals surface area contributed by atoms with Crippen LogP contribution in [0, 0.1) is 0 Å². The number of benzene rings is 11. The second kappa shape index (κ2) is 14.3. The molecule has 0 bridgehead atoms. The first-order valence-electron chi connectivity index (χ1n) is 24.4. The zero-order valence-corrected chi connectivity index (χ0v) is 40.8. The Hall–Kier alpha value is -7.45. The lowest BCUT2D eigenvalue weighted by molar-refractivity contribution is 0.590. The van der Waals surface area contributed by atoms with Gasteiger partial charge in [0, 0.05) is 49.7 Å². The van der Waals surface area contributed by atoms with E-state index in [1.165, 1.54) is 137 Å². The summed E-state index contributed by atoms with van der Waals surface area (Å²) in [5, 5.41) is 16.6. The van der Waals surface area contributed by atoms with E-state index in [-0.39, 0.29) is 17.7 Å². The molecule has 2 nitrogen and oxygen atoms in total. The zero-order valence-electron chi connectivity index (χ0n) is 39.9. The Kier molecular flexibility index (Phi) is 8.42. The monoisotopic (exact) mass is 900 g/mol. The van der Waals surface area contributed by atoms with Gasteiger partial charge in [-0.1, -0.05) is 171 Å². The molecule has 0 saturated carbocycles. The maximum Gasteiger partial charge on any atom is 0.333 e. The van der Waals surface area contributed by atoms with E-state index < -0.39 is 0 Å². The summed E-state index contributed by atoms with van der Waals surface area (Å²) < 4.78 is 2.74. The van der Waals surface area contributed by atoms with Crippen LogP contribution in [0.5, 0.6) is 0 Å². The smallest absolute Gasteiger partial charge is 0.333 e. The fourth-order valence-corrected chi connectivity index (χ4v) is 12.7. The Balaban J connectivity index is 1.18. The van der Waals surface area contributed by atoms with Crippen LogP contribution in [0.15, 0.2) is 182 Å². The molecular weight excluding hydrogens is 851 g/mol. The molecule has 0 aliphatic carbocycles. The molecule has 14 rings (SSSR count). The van der Waals surface area contributed by atoms with E-state index in [0.29, 0.717) is 0 Å². The van der Waals surface area contributed by atoms with E-state index in [9.17, 15) is 0 Å². The van der Waals surface area contributed by atoms with E-state index in [2.05, 4.69) is 239 Å². The summed E-state index contributed by atoms with van der Waals surface area (Å²) >= 11 is 0. The molecule has 12 aromatic rings. The lowest BCUT2D eigenvalue weighted by Crippen LogP contribution is -2.56. The Morgan fingerprint density at radius 2 is 1.04 bits per heavy atom. The molecule has 1 aromatic heterocycles. The van der Waals surface area contributed by atoms with Crippen molar-refractivity contribution in [2.45, 2.75) is 52.4 Å².